The summed E-state index contributed by atoms with van der Waals surface area (Å²) in [5.74, 6) is -0.0470. The van der Waals surface area contributed by atoms with Crippen LogP contribution in [0.2, 0.25) is 0 Å². The van der Waals surface area contributed by atoms with Gasteiger partial charge in [0.05, 0.1) is 19.1 Å². The molecule has 6 nitrogen and oxygen atoms in total. The Labute approximate surface area is 140 Å². The number of amides is 1. The second-order valence-electron chi connectivity index (χ2n) is 5.95. The average Bonchev–Trinajstić information content (AvgIpc) is 3.26. The number of rotatable bonds is 6. The smallest absolute Gasteiger partial charge is 0.252 e. The molecule has 2 aliphatic rings. The van der Waals surface area contributed by atoms with Crippen molar-refractivity contribution in [1.29, 1.82) is 0 Å². The first-order chi connectivity index (χ1) is 11.1. The number of hydrogen-bond donors (Lipinski definition) is 1. The Hall–Kier alpha value is -0.960. The molecule has 23 heavy (non-hydrogen) atoms. The Kier molecular flexibility index (Phi) is 5.35. The van der Waals surface area contributed by atoms with Crippen LogP contribution < -0.4 is 5.32 Å². The van der Waals surface area contributed by atoms with Crippen LogP contribution in [0.15, 0.2) is 16.3 Å². The highest BCUT2D eigenvalue weighted by molar-refractivity contribution is 7.91. The number of sulfonamides is 1. The Morgan fingerprint density at radius 3 is 2.78 bits per heavy atom. The molecule has 2 fully saturated rings. The van der Waals surface area contributed by atoms with Crippen molar-refractivity contribution < 1.29 is 17.9 Å². The Bertz CT molecular complexity index is 644. The first kappa shape index (κ1) is 16.9. The molecule has 0 bridgehead atoms. The Morgan fingerprint density at radius 2 is 2.09 bits per heavy atom. The number of carbonyl (C=O) groups is 1. The topological polar surface area (TPSA) is 75.7 Å². The third kappa shape index (κ3) is 4.12. The molecule has 0 aliphatic carbocycles. The highest BCUT2D eigenvalue weighted by Gasteiger charge is 2.28. The first-order valence-corrected chi connectivity index (χ1v) is 10.3. The predicted molar refractivity (Wildman–Crippen MR) is 87.7 cm³/mol. The lowest BCUT2D eigenvalue weighted by Crippen LogP contribution is -2.27. The lowest BCUT2D eigenvalue weighted by atomic mass is 10.2. The fourth-order valence-electron chi connectivity index (χ4n) is 2.92. The minimum atomic E-state index is -3.36. The van der Waals surface area contributed by atoms with E-state index in [9.17, 15) is 13.2 Å². The molecule has 1 atom stereocenters. The molecular formula is C15H22N2O4S2. The molecule has 8 heteroatoms. The van der Waals surface area contributed by atoms with E-state index in [2.05, 4.69) is 5.32 Å². The van der Waals surface area contributed by atoms with Crippen LogP contribution in [-0.4, -0.2) is 44.4 Å². The first-order valence-electron chi connectivity index (χ1n) is 8.03. The van der Waals surface area contributed by atoms with Gasteiger partial charge < -0.3 is 10.1 Å². The van der Waals surface area contributed by atoms with E-state index < -0.39 is 10.0 Å². The minimum Gasteiger partial charge on any atom is -0.378 e. The number of carbonyl (C=O) groups excluding carboxylic acids is 1. The number of nitrogens with one attached hydrogen (secondary N) is 1. The van der Waals surface area contributed by atoms with Gasteiger partial charge in [-0.1, -0.05) is 0 Å². The molecule has 1 unspecified atom stereocenters. The molecule has 0 saturated carbocycles. The lowest BCUT2D eigenvalue weighted by Gasteiger charge is -2.13. The van der Waals surface area contributed by atoms with E-state index in [-0.39, 0.29) is 12.0 Å². The highest BCUT2D eigenvalue weighted by atomic mass is 32.2. The normalized spacial score (nSPS) is 22.5. The monoisotopic (exact) mass is 358 g/mol. The van der Waals surface area contributed by atoms with Gasteiger partial charge in [-0.3, -0.25) is 4.79 Å². The van der Waals surface area contributed by atoms with Gasteiger partial charge in [-0.05, 0) is 37.8 Å². The van der Waals surface area contributed by atoms with Crippen molar-refractivity contribution in [3.63, 3.8) is 0 Å². The summed E-state index contributed by atoms with van der Waals surface area (Å²) in [6, 6.07) is 3.42. The van der Waals surface area contributed by atoms with Crippen LogP contribution in [0.5, 0.6) is 0 Å². The predicted octanol–water partition coefficient (Wildman–Crippen LogP) is 1.72. The van der Waals surface area contributed by atoms with E-state index in [1.165, 1.54) is 11.3 Å². The van der Waals surface area contributed by atoms with Crippen molar-refractivity contribution in [2.45, 2.75) is 49.0 Å². The molecule has 1 N–H and O–H groups in total. The molecule has 0 aromatic carbocycles. The van der Waals surface area contributed by atoms with Crippen LogP contribution in [0.4, 0.5) is 0 Å². The third-order valence-corrected chi connectivity index (χ3v) is 7.64. The van der Waals surface area contributed by atoms with Crippen molar-refractivity contribution >= 4 is 27.3 Å². The van der Waals surface area contributed by atoms with Crippen molar-refractivity contribution in [2.24, 2.45) is 0 Å². The standard InChI is InChI=1S/C15H22N2O4S2/c18-14(10-12-4-3-9-21-12)16-11-13-5-6-15(22-13)23(19,20)17-7-1-2-8-17/h5-6,12H,1-4,7-11H2,(H,16,18). The zero-order valence-electron chi connectivity index (χ0n) is 13.0. The van der Waals surface area contributed by atoms with Crippen LogP contribution in [-0.2, 0) is 26.1 Å². The average molecular weight is 358 g/mol. The van der Waals surface area contributed by atoms with Gasteiger partial charge in [-0.25, -0.2) is 8.42 Å². The van der Waals surface area contributed by atoms with Gasteiger partial charge in [0.25, 0.3) is 10.0 Å². The Morgan fingerprint density at radius 1 is 1.30 bits per heavy atom. The summed E-state index contributed by atoms with van der Waals surface area (Å²) in [5.41, 5.74) is 0. The number of ether oxygens (including phenoxy) is 1. The summed E-state index contributed by atoms with van der Waals surface area (Å²) in [4.78, 5) is 12.7. The van der Waals surface area contributed by atoms with Gasteiger partial charge in [-0.15, -0.1) is 11.3 Å². The molecule has 2 saturated heterocycles. The highest BCUT2D eigenvalue weighted by Crippen LogP contribution is 2.27. The number of thiophene rings is 1. The van der Waals surface area contributed by atoms with E-state index in [0.717, 1.165) is 37.2 Å². The number of nitrogens with zero attached hydrogens (tertiary/aromatic N) is 1. The van der Waals surface area contributed by atoms with Crippen LogP contribution in [0.1, 0.15) is 37.0 Å². The zero-order valence-corrected chi connectivity index (χ0v) is 14.6. The van der Waals surface area contributed by atoms with Gasteiger partial charge in [0.2, 0.25) is 5.91 Å². The summed E-state index contributed by atoms with van der Waals surface area (Å²) in [6.07, 6.45) is 4.22. The molecule has 1 amide bonds. The van der Waals surface area contributed by atoms with E-state index in [0.29, 0.717) is 30.3 Å². The minimum absolute atomic E-state index is 0.0319. The molecule has 2 aliphatic heterocycles. The van der Waals surface area contributed by atoms with Crippen molar-refractivity contribution in [1.82, 2.24) is 9.62 Å². The molecule has 3 rings (SSSR count). The van der Waals surface area contributed by atoms with Gasteiger partial charge in [0, 0.05) is 24.6 Å². The quantitative estimate of drug-likeness (QED) is 0.840. The van der Waals surface area contributed by atoms with E-state index in [1.807, 2.05) is 0 Å². The van der Waals surface area contributed by atoms with Crippen LogP contribution in [0, 0.1) is 0 Å². The maximum absolute atomic E-state index is 12.4. The van der Waals surface area contributed by atoms with Crippen LogP contribution >= 0.6 is 11.3 Å². The van der Waals surface area contributed by atoms with Crippen molar-refractivity contribution in [3.05, 3.63) is 17.0 Å². The largest absolute Gasteiger partial charge is 0.378 e. The second kappa shape index (κ2) is 7.29. The second-order valence-corrected chi connectivity index (χ2v) is 9.28. The van der Waals surface area contributed by atoms with Gasteiger partial charge in [0.1, 0.15) is 4.21 Å². The Balaban J connectivity index is 1.53. The molecule has 0 spiro atoms. The van der Waals surface area contributed by atoms with Crippen LogP contribution in [0.25, 0.3) is 0 Å². The van der Waals surface area contributed by atoms with Crippen molar-refractivity contribution in [2.75, 3.05) is 19.7 Å². The summed E-state index contributed by atoms with van der Waals surface area (Å²) in [6.45, 7) is 2.31. The molecule has 128 valence electrons. The van der Waals surface area contributed by atoms with Gasteiger partial charge in [0.15, 0.2) is 0 Å². The van der Waals surface area contributed by atoms with Crippen molar-refractivity contribution in [3.8, 4) is 0 Å². The van der Waals surface area contributed by atoms with E-state index in [1.54, 1.807) is 16.4 Å². The molecule has 0 radical (unpaired) electrons. The maximum Gasteiger partial charge on any atom is 0.252 e. The summed E-state index contributed by atoms with van der Waals surface area (Å²) in [5, 5.41) is 2.84. The maximum atomic E-state index is 12.4. The summed E-state index contributed by atoms with van der Waals surface area (Å²) in [7, 11) is -3.36. The molecular weight excluding hydrogens is 336 g/mol. The van der Waals surface area contributed by atoms with Gasteiger partial charge >= 0.3 is 0 Å². The fraction of sp³-hybridized carbons (Fsp3) is 0.667. The van der Waals surface area contributed by atoms with E-state index in [4.69, 9.17) is 4.74 Å². The molecule has 1 aromatic heterocycles. The zero-order chi connectivity index (χ0) is 16.3. The lowest BCUT2D eigenvalue weighted by molar-refractivity contribution is -0.123. The third-order valence-electron chi connectivity index (χ3n) is 4.19. The molecule has 1 aromatic rings. The van der Waals surface area contributed by atoms with Gasteiger partial charge in [-0.2, -0.15) is 4.31 Å². The molecule has 3 heterocycles. The fourth-order valence-corrected chi connectivity index (χ4v) is 5.88. The SMILES string of the molecule is O=C(CC1CCCO1)NCc1ccc(S(=O)(=O)N2CCCC2)s1. The van der Waals surface area contributed by atoms with E-state index >= 15 is 0 Å². The van der Waals surface area contributed by atoms with Crippen LogP contribution in [0.3, 0.4) is 0 Å². The summed E-state index contributed by atoms with van der Waals surface area (Å²) < 4.78 is 32.2. The summed E-state index contributed by atoms with van der Waals surface area (Å²) >= 11 is 1.24. The number of hydrogen-bond acceptors (Lipinski definition) is 5.